The molecule has 0 aliphatic carbocycles. The second-order valence-corrected chi connectivity index (χ2v) is 4.44. The van der Waals surface area contributed by atoms with E-state index in [-0.39, 0.29) is 10.7 Å². The van der Waals surface area contributed by atoms with E-state index in [0.29, 0.717) is 10.3 Å². The molecule has 0 aliphatic rings. The first-order chi connectivity index (χ1) is 9.38. The lowest BCUT2D eigenvalue weighted by atomic mass is 10.2. The second-order valence-electron chi connectivity index (χ2n) is 4.03. The standard InChI is InChI=1S/C14H9ClF3NO/c15-12-8-11(14(16,17)18)6-7-13(12)19(20)9-10-4-2-1-3-5-10/h1-9H. The first-order valence-corrected chi connectivity index (χ1v) is 5.99. The van der Waals surface area contributed by atoms with Gasteiger partial charge < -0.3 is 5.21 Å². The lowest BCUT2D eigenvalue weighted by Gasteiger charge is -2.09. The van der Waals surface area contributed by atoms with Crippen LogP contribution in [0.25, 0.3) is 0 Å². The number of halogens is 4. The van der Waals surface area contributed by atoms with Crippen LogP contribution in [0.2, 0.25) is 5.02 Å². The third-order valence-corrected chi connectivity index (χ3v) is 2.88. The van der Waals surface area contributed by atoms with Gasteiger partial charge in [0.25, 0.3) is 0 Å². The molecule has 0 unspecified atom stereocenters. The normalized spacial score (nSPS) is 12.5. The molecule has 0 aliphatic heterocycles. The zero-order valence-corrected chi connectivity index (χ0v) is 10.8. The van der Waals surface area contributed by atoms with Crippen LogP contribution in [0.3, 0.4) is 0 Å². The maximum Gasteiger partial charge on any atom is 0.416 e. The van der Waals surface area contributed by atoms with Crippen molar-refractivity contribution in [1.82, 2.24) is 0 Å². The molecule has 20 heavy (non-hydrogen) atoms. The Balaban J connectivity index is 2.37. The molecule has 0 aromatic heterocycles. The van der Waals surface area contributed by atoms with E-state index in [1.54, 1.807) is 30.3 Å². The topological polar surface area (TPSA) is 26.1 Å². The summed E-state index contributed by atoms with van der Waals surface area (Å²) in [5.41, 5.74) is -0.304. The van der Waals surface area contributed by atoms with E-state index in [2.05, 4.69) is 0 Å². The summed E-state index contributed by atoms with van der Waals surface area (Å²) in [6, 6.07) is 11.3. The van der Waals surface area contributed by atoms with E-state index >= 15 is 0 Å². The SMILES string of the molecule is [O-][N+](=Cc1ccccc1)c1ccc(C(F)(F)F)cc1Cl. The fourth-order valence-corrected chi connectivity index (χ4v) is 1.87. The van der Waals surface area contributed by atoms with Gasteiger partial charge in [0, 0.05) is 11.6 Å². The minimum absolute atomic E-state index is 0.0384. The molecular weight excluding hydrogens is 291 g/mol. The average molecular weight is 300 g/mol. The molecule has 6 heteroatoms. The Hall–Kier alpha value is -2.01. The molecular formula is C14H9ClF3NO. The van der Waals surface area contributed by atoms with E-state index in [1.807, 2.05) is 0 Å². The maximum atomic E-state index is 12.5. The van der Waals surface area contributed by atoms with Gasteiger partial charge in [-0.15, -0.1) is 0 Å². The monoisotopic (exact) mass is 299 g/mol. The van der Waals surface area contributed by atoms with E-state index in [9.17, 15) is 18.4 Å². The molecule has 2 nitrogen and oxygen atoms in total. The van der Waals surface area contributed by atoms with Crippen molar-refractivity contribution < 1.29 is 17.9 Å². The minimum atomic E-state index is -4.49. The van der Waals surface area contributed by atoms with Gasteiger partial charge in [-0.25, -0.2) is 0 Å². The summed E-state index contributed by atoms with van der Waals surface area (Å²) in [5, 5.41) is 11.6. The molecule has 0 N–H and O–H groups in total. The molecule has 104 valence electrons. The number of alkyl halides is 3. The van der Waals surface area contributed by atoms with Crippen molar-refractivity contribution in [3.8, 4) is 0 Å². The number of rotatable bonds is 2. The molecule has 2 aromatic rings. The van der Waals surface area contributed by atoms with Crippen molar-refractivity contribution in [1.29, 1.82) is 0 Å². The van der Waals surface area contributed by atoms with Crippen LogP contribution in [0.5, 0.6) is 0 Å². The smallest absolute Gasteiger partial charge is 0.416 e. The van der Waals surface area contributed by atoms with Gasteiger partial charge in [0.15, 0.2) is 6.21 Å². The van der Waals surface area contributed by atoms with Crippen molar-refractivity contribution in [2.24, 2.45) is 0 Å². The molecule has 0 saturated carbocycles. The fourth-order valence-electron chi connectivity index (χ4n) is 1.61. The Morgan fingerprint density at radius 2 is 1.70 bits per heavy atom. The Morgan fingerprint density at radius 3 is 2.25 bits per heavy atom. The highest BCUT2D eigenvalue weighted by Crippen LogP contribution is 2.34. The molecule has 0 atom stereocenters. The van der Waals surface area contributed by atoms with Crippen LogP contribution in [0.4, 0.5) is 18.9 Å². The Bertz CT molecular complexity index is 639. The van der Waals surface area contributed by atoms with E-state index < -0.39 is 11.7 Å². The van der Waals surface area contributed by atoms with Gasteiger partial charge in [-0.05, 0) is 24.3 Å². The summed E-state index contributed by atoms with van der Waals surface area (Å²) < 4.78 is 37.9. The van der Waals surface area contributed by atoms with Gasteiger partial charge in [-0.1, -0.05) is 29.8 Å². The van der Waals surface area contributed by atoms with Crippen LogP contribution in [-0.4, -0.2) is 11.0 Å². The van der Waals surface area contributed by atoms with Gasteiger partial charge in [0.05, 0.1) is 5.56 Å². The number of nitrogens with zero attached hydrogens (tertiary/aromatic N) is 1. The third-order valence-electron chi connectivity index (χ3n) is 2.58. The average Bonchev–Trinajstić information content (AvgIpc) is 2.38. The Morgan fingerprint density at radius 1 is 1.05 bits per heavy atom. The van der Waals surface area contributed by atoms with Crippen LogP contribution in [0.1, 0.15) is 11.1 Å². The molecule has 0 spiro atoms. The first kappa shape index (κ1) is 14.4. The molecule has 0 radical (unpaired) electrons. The highest BCUT2D eigenvalue weighted by atomic mass is 35.5. The summed E-state index contributed by atoms with van der Waals surface area (Å²) in [6.45, 7) is 0. The zero-order valence-electron chi connectivity index (χ0n) is 10.1. The number of hydrogen-bond acceptors (Lipinski definition) is 1. The van der Waals surface area contributed by atoms with Gasteiger partial charge >= 0.3 is 6.18 Å². The van der Waals surface area contributed by atoms with Gasteiger partial charge in [0.1, 0.15) is 5.02 Å². The lowest BCUT2D eigenvalue weighted by Crippen LogP contribution is -2.06. The van der Waals surface area contributed by atoms with Gasteiger partial charge in [-0.2, -0.15) is 17.9 Å². The maximum absolute atomic E-state index is 12.5. The van der Waals surface area contributed by atoms with Crippen LogP contribution >= 0.6 is 11.6 Å². The molecule has 2 aromatic carbocycles. The molecule has 0 amide bonds. The highest BCUT2D eigenvalue weighted by molar-refractivity contribution is 6.32. The second kappa shape index (κ2) is 5.54. The molecule has 0 bridgehead atoms. The number of hydrogen-bond donors (Lipinski definition) is 0. The van der Waals surface area contributed by atoms with Crippen LogP contribution in [0, 0.1) is 5.21 Å². The van der Waals surface area contributed by atoms with Gasteiger partial charge in [0.2, 0.25) is 5.69 Å². The van der Waals surface area contributed by atoms with E-state index in [4.69, 9.17) is 11.6 Å². The molecule has 0 heterocycles. The zero-order chi connectivity index (χ0) is 14.8. The quantitative estimate of drug-likeness (QED) is 0.344. The summed E-state index contributed by atoms with van der Waals surface area (Å²) >= 11 is 5.73. The fraction of sp³-hybridized carbons (Fsp3) is 0.0714. The van der Waals surface area contributed by atoms with Crippen LogP contribution < -0.4 is 0 Å². The number of benzene rings is 2. The van der Waals surface area contributed by atoms with E-state index in [0.717, 1.165) is 18.2 Å². The van der Waals surface area contributed by atoms with Gasteiger partial charge in [-0.3, -0.25) is 0 Å². The Labute approximate surface area is 118 Å². The Kier molecular flexibility index (Phi) is 3.99. The molecule has 0 fully saturated rings. The van der Waals surface area contributed by atoms with Crippen molar-refractivity contribution in [2.45, 2.75) is 6.18 Å². The molecule has 2 rings (SSSR count). The summed E-state index contributed by atoms with van der Waals surface area (Å²) in [4.78, 5) is 0. The van der Waals surface area contributed by atoms with Crippen molar-refractivity contribution in [3.05, 3.63) is 69.9 Å². The lowest BCUT2D eigenvalue weighted by molar-refractivity contribution is -0.354. The minimum Gasteiger partial charge on any atom is -0.618 e. The van der Waals surface area contributed by atoms with Crippen LogP contribution in [-0.2, 0) is 6.18 Å². The highest BCUT2D eigenvalue weighted by Gasteiger charge is 2.31. The summed E-state index contributed by atoms with van der Waals surface area (Å²) in [6.07, 6.45) is -3.24. The van der Waals surface area contributed by atoms with Crippen LogP contribution in [0.15, 0.2) is 48.5 Å². The summed E-state index contributed by atoms with van der Waals surface area (Å²) in [7, 11) is 0. The largest absolute Gasteiger partial charge is 0.618 e. The molecule has 0 saturated heterocycles. The van der Waals surface area contributed by atoms with E-state index in [1.165, 1.54) is 6.21 Å². The van der Waals surface area contributed by atoms with Crippen molar-refractivity contribution >= 4 is 23.5 Å². The predicted octanol–water partition coefficient (Wildman–Crippen LogP) is 4.62. The first-order valence-electron chi connectivity index (χ1n) is 5.61. The summed E-state index contributed by atoms with van der Waals surface area (Å²) in [5.74, 6) is 0. The third kappa shape index (κ3) is 3.30. The van der Waals surface area contributed by atoms with Crippen molar-refractivity contribution in [2.75, 3.05) is 0 Å². The predicted molar refractivity (Wildman–Crippen MR) is 71.3 cm³/mol. The van der Waals surface area contributed by atoms with Crippen molar-refractivity contribution in [3.63, 3.8) is 0 Å².